The van der Waals surface area contributed by atoms with Crippen LogP contribution in [0.1, 0.15) is 29.2 Å². The summed E-state index contributed by atoms with van der Waals surface area (Å²) >= 11 is 1.03. The van der Waals surface area contributed by atoms with Gasteiger partial charge in [-0.15, -0.1) is 5.10 Å². The number of ether oxygens (including phenoxy) is 2. The number of anilines is 1. The number of hydrogen-bond donors (Lipinski definition) is 1. The normalized spacial score (nSPS) is 9.81. The van der Waals surface area contributed by atoms with Crippen molar-refractivity contribution in [3.8, 4) is 22.8 Å². The van der Waals surface area contributed by atoms with Crippen LogP contribution in [0.4, 0.5) is 5.82 Å². The summed E-state index contributed by atoms with van der Waals surface area (Å²) in [6.45, 7) is 5.72. The molecule has 0 saturated heterocycles. The third-order valence-electron chi connectivity index (χ3n) is 3.43. The van der Waals surface area contributed by atoms with Crippen LogP contribution in [0.2, 0.25) is 0 Å². The average Bonchev–Trinajstić information content (AvgIpc) is 3.15. The van der Waals surface area contributed by atoms with Crippen molar-refractivity contribution < 1.29 is 14.3 Å². The lowest BCUT2D eigenvalue weighted by Crippen LogP contribution is -2.13. The maximum absolute atomic E-state index is 12.1. The lowest BCUT2D eigenvalue weighted by molar-refractivity contribution is 0.102. The van der Waals surface area contributed by atoms with Crippen LogP contribution >= 0.6 is 11.5 Å². The molecule has 1 amide bonds. The Morgan fingerprint density at radius 3 is 2.44 bits per heavy atom. The molecule has 0 aliphatic carbocycles. The second kappa shape index (κ2) is 9.58. The van der Waals surface area contributed by atoms with Gasteiger partial charge in [0.05, 0.1) is 38.0 Å². The van der Waals surface area contributed by atoms with E-state index in [9.17, 15) is 4.79 Å². The summed E-state index contributed by atoms with van der Waals surface area (Å²) in [4.78, 5) is 21.2. The van der Waals surface area contributed by atoms with Crippen molar-refractivity contribution >= 4 is 23.3 Å². The maximum Gasteiger partial charge on any atom is 0.270 e. The monoisotopic (exact) mass is 387 g/mol. The van der Waals surface area contributed by atoms with Crippen molar-refractivity contribution in [2.24, 2.45) is 0 Å². The summed E-state index contributed by atoms with van der Waals surface area (Å²) in [6.07, 6.45) is 3.04. The molecule has 142 valence electrons. The van der Waals surface area contributed by atoms with Crippen LogP contribution in [0.3, 0.4) is 0 Å². The minimum Gasteiger partial charge on any atom is -0.497 e. The number of aryl methyl sites for hydroxylation is 1. The number of carbonyl (C=O) groups is 1. The second-order valence-electron chi connectivity index (χ2n) is 4.99. The molecule has 8 nitrogen and oxygen atoms in total. The topological polar surface area (TPSA) is 99.1 Å². The fourth-order valence-electron chi connectivity index (χ4n) is 2.16. The molecule has 0 saturated carbocycles. The highest BCUT2D eigenvalue weighted by molar-refractivity contribution is 7.08. The van der Waals surface area contributed by atoms with Crippen molar-refractivity contribution in [3.63, 3.8) is 0 Å². The van der Waals surface area contributed by atoms with E-state index in [1.165, 1.54) is 6.20 Å². The van der Waals surface area contributed by atoms with E-state index in [0.29, 0.717) is 33.6 Å². The first-order valence-corrected chi connectivity index (χ1v) is 9.04. The van der Waals surface area contributed by atoms with Gasteiger partial charge in [-0.3, -0.25) is 9.78 Å². The Hall–Kier alpha value is -3.07. The molecule has 0 bridgehead atoms. The predicted molar refractivity (Wildman–Crippen MR) is 105 cm³/mol. The molecule has 0 aliphatic heterocycles. The predicted octanol–water partition coefficient (Wildman–Crippen LogP) is 3.60. The number of methoxy groups -OCH3 is 2. The van der Waals surface area contributed by atoms with Crippen LogP contribution in [-0.4, -0.2) is 39.7 Å². The van der Waals surface area contributed by atoms with Gasteiger partial charge in [0.2, 0.25) is 0 Å². The molecule has 0 radical (unpaired) electrons. The SMILES string of the molecule is CC.COc1ccc(OC)c(-c2cnc(NC(=O)c3snnc3C)cn2)c1. The molecule has 0 atom stereocenters. The van der Waals surface area contributed by atoms with Gasteiger partial charge >= 0.3 is 0 Å². The second-order valence-corrected chi connectivity index (χ2v) is 5.75. The molecule has 3 rings (SSSR count). The Bertz CT molecular complexity index is 896. The molecule has 2 aromatic heterocycles. The zero-order valence-corrected chi connectivity index (χ0v) is 16.6. The molecule has 1 N–H and O–H groups in total. The highest BCUT2D eigenvalue weighted by Crippen LogP contribution is 2.32. The summed E-state index contributed by atoms with van der Waals surface area (Å²) in [5.74, 6) is 1.36. The highest BCUT2D eigenvalue weighted by Gasteiger charge is 2.15. The third kappa shape index (κ3) is 4.76. The fraction of sp³-hybridized carbons (Fsp3) is 0.278. The van der Waals surface area contributed by atoms with Crippen LogP contribution in [0.15, 0.2) is 30.6 Å². The van der Waals surface area contributed by atoms with Gasteiger partial charge in [-0.1, -0.05) is 18.3 Å². The van der Waals surface area contributed by atoms with Gasteiger partial charge < -0.3 is 14.8 Å². The highest BCUT2D eigenvalue weighted by atomic mass is 32.1. The zero-order valence-electron chi connectivity index (χ0n) is 15.8. The first kappa shape index (κ1) is 20.2. The van der Waals surface area contributed by atoms with Gasteiger partial charge in [0.25, 0.3) is 5.91 Å². The molecule has 27 heavy (non-hydrogen) atoms. The number of benzene rings is 1. The summed E-state index contributed by atoms with van der Waals surface area (Å²) in [7, 11) is 3.17. The Morgan fingerprint density at radius 1 is 1.11 bits per heavy atom. The number of aromatic nitrogens is 4. The summed E-state index contributed by atoms with van der Waals surface area (Å²) in [6, 6.07) is 5.41. The van der Waals surface area contributed by atoms with E-state index in [2.05, 4.69) is 24.9 Å². The quantitative estimate of drug-likeness (QED) is 0.714. The Kier molecular flexibility index (Phi) is 7.18. The standard InChI is InChI=1S/C16H15N5O3S.C2H6/c1-9-15(25-21-20-9)16(22)19-14-8-17-12(7-18-14)11-6-10(23-2)4-5-13(11)24-3;1-2/h4-8H,1-3H3,(H,18,19,22);1-2H3. The molecule has 0 spiro atoms. The zero-order chi connectivity index (χ0) is 19.8. The van der Waals surface area contributed by atoms with Crippen molar-refractivity contribution in [3.05, 3.63) is 41.2 Å². The van der Waals surface area contributed by atoms with Crippen molar-refractivity contribution in [2.75, 3.05) is 19.5 Å². The molecule has 1 aromatic carbocycles. The van der Waals surface area contributed by atoms with E-state index in [4.69, 9.17) is 9.47 Å². The number of carbonyl (C=O) groups excluding carboxylic acids is 1. The fourth-order valence-corrected chi connectivity index (χ4v) is 2.71. The van der Waals surface area contributed by atoms with E-state index in [-0.39, 0.29) is 5.91 Å². The molecule has 2 heterocycles. The van der Waals surface area contributed by atoms with E-state index in [1.807, 2.05) is 19.9 Å². The molecule has 0 unspecified atom stereocenters. The minimum absolute atomic E-state index is 0.312. The van der Waals surface area contributed by atoms with Crippen LogP contribution < -0.4 is 14.8 Å². The molecule has 3 aromatic rings. The average molecular weight is 387 g/mol. The molecule has 0 fully saturated rings. The molecule has 9 heteroatoms. The van der Waals surface area contributed by atoms with Crippen LogP contribution in [-0.2, 0) is 0 Å². The number of hydrogen-bond acceptors (Lipinski definition) is 8. The van der Waals surface area contributed by atoms with E-state index in [0.717, 1.165) is 17.1 Å². The van der Waals surface area contributed by atoms with E-state index in [1.54, 1.807) is 39.5 Å². The Balaban J connectivity index is 0.00000126. The molecular formula is C18H21N5O3S. The van der Waals surface area contributed by atoms with Gasteiger partial charge in [0.15, 0.2) is 5.82 Å². The van der Waals surface area contributed by atoms with Crippen LogP contribution in [0, 0.1) is 6.92 Å². The van der Waals surface area contributed by atoms with Gasteiger partial charge in [-0.2, -0.15) is 0 Å². The first-order chi connectivity index (χ1) is 13.1. The minimum atomic E-state index is -0.312. The summed E-state index contributed by atoms with van der Waals surface area (Å²) in [5.41, 5.74) is 1.92. The lowest BCUT2D eigenvalue weighted by atomic mass is 10.1. The molecule has 0 aliphatic rings. The van der Waals surface area contributed by atoms with Crippen molar-refractivity contribution in [1.29, 1.82) is 0 Å². The van der Waals surface area contributed by atoms with E-state index < -0.39 is 0 Å². The summed E-state index contributed by atoms with van der Waals surface area (Å²) < 4.78 is 14.3. The first-order valence-electron chi connectivity index (χ1n) is 8.27. The Morgan fingerprint density at radius 2 is 1.89 bits per heavy atom. The Labute approximate surface area is 161 Å². The van der Waals surface area contributed by atoms with Gasteiger partial charge in [0, 0.05) is 5.56 Å². The van der Waals surface area contributed by atoms with Crippen molar-refractivity contribution in [1.82, 2.24) is 19.6 Å². The van der Waals surface area contributed by atoms with Gasteiger partial charge in [0.1, 0.15) is 16.4 Å². The number of nitrogens with one attached hydrogen (secondary N) is 1. The third-order valence-corrected chi connectivity index (χ3v) is 4.26. The smallest absolute Gasteiger partial charge is 0.270 e. The molecular weight excluding hydrogens is 366 g/mol. The van der Waals surface area contributed by atoms with E-state index >= 15 is 0 Å². The number of nitrogens with zero attached hydrogens (tertiary/aromatic N) is 4. The largest absolute Gasteiger partial charge is 0.497 e. The summed E-state index contributed by atoms with van der Waals surface area (Å²) in [5, 5.41) is 6.49. The lowest BCUT2D eigenvalue weighted by Gasteiger charge is -2.10. The van der Waals surface area contributed by atoms with Crippen LogP contribution in [0.5, 0.6) is 11.5 Å². The van der Waals surface area contributed by atoms with Crippen LogP contribution in [0.25, 0.3) is 11.3 Å². The van der Waals surface area contributed by atoms with Gasteiger partial charge in [-0.05, 0) is 36.7 Å². The number of rotatable bonds is 5. The number of amides is 1. The van der Waals surface area contributed by atoms with Crippen molar-refractivity contribution in [2.45, 2.75) is 20.8 Å². The van der Waals surface area contributed by atoms with Gasteiger partial charge in [-0.25, -0.2) is 4.98 Å². The maximum atomic E-state index is 12.1.